The molecular formula is C24H27N3O4S2. The first-order valence-corrected chi connectivity index (χ1v) is 12.1. The van der Waals surface area contributed by atoms with Crippen LogP contribution in [0.5, 0.6) is 11.5 Å². The molecule has 3 N–H and O–H groups in total. The fourth-order valence-corrected chi connectivity index (χ4v) is 4.67. The molecule has 0 atom stereocenters. The third-order valence-electron chi connectivity index (χ3n) is 4.90. The molecule has 0 bridgehead atoms. The van der Waals surface area contributed by atoms with E-state index in [1.165, 1.54) is 13.2 Å². The Kier molecular flexibility index (Phi) is 7.78. The molecule has 0 amide bonds. The fraction of sp³-hybridized carbons (Fsp3) is 0.208. The Morgan fingerprint density at radius 3 is 2.09 bits per heavy atom. The van der Waals surface area contributed by atoms with Gasteiger partial charge in [0.15, 0.2) is 5.11 Å². The van der Waals surface area contributed by atoms with Crippen LogP contribution in [0, 0.1) is 0 Å². The lowest BCUT2D eigenvalue weighted by Gasteiger charge is -2.18. The van der Waals surface area contributed by atoms with Gasteiger partial charge in [0.1, 0.15) is 16.4 Å². The molecule has 9 heteroatoms. The molecule has 3 aromatic carbocycles. The van der Waals surface area contributed by atoms with Gasteiger partial charge in [0.2, 0.25) is 0 Å². The molecule has 0 heterocycles. The fourth-order valence-electron chi connectivity index (χ4n) is 3.21. The molecular weight excluding hydrogens is 458 g/mol. The number of hydrogen-bond donors (Lipinski definition) is 3. The van der Waals surface area contributed by atoms with E-state index in [4.69, 9.17) is 21.7 Å². The number of nitrogens with one attached hydrogen (secondary N) is 3. The van der Waals surface area contributed by atoms with Crippen LogP contribution in [-0.2, 0) is 10.0 Å². The van der Waals surface area contributed by atoms with E-state index < -0.39 is 10.0 Å². The van der Waals surface area contributed by atoms with Crippen LogP contribution in [0.3, 0.4) is 0 Å². The number of ether oxygens (including phenoxy) is 2. The van der Waals surface area contributed by atoms with Crippen LogP contribution in [0.1, 0.15) is 25.3 Å². The summed E-state index contributed by atoms with van der Waals surface area (Å²) in [5.74, 6) is 1.32. The third-order valence-corrected chi connectivity index (χ3v) is 6.53. The van der Waals surface area contributed by atoms with Crippen LogP contribution in [0.4, 0.5) is 17.1 Å². The van der Waals surface area contributed by atoms with Crippen molar-refractivity contribution < 1.29 is 17.9 Å². The van der Waals surface area contributed by atoms with Crippen molar-refractivity contribution in [3.63, 3.8) is 0 Å². The van der Waals surface area contributed by atoms with Gasteiger partial charge in [-0.05, 0) is 66.2 Å². The Morgan fingerprint density at radius 2 is 1.45 bits per heavy atom. The van der Waals surface area contributed by atoms with Crippen molar-refractivity contribution in [2.75, 3.05) is 29.6 Å². The van der Waals surface area contributed by atoms with Crippen LogP contribution < -0.4 is 24.8 Å². The summed E-state index contributed by atoms with van der Waals surface area (Å²) in [6, 6.07) is 19.2. The number of anilines is 3. The molecule has 0 aliphatic carbocycles. The molecule has 3 aromatic rings. The van der Waals surface area contributed by atoms with Gasteiger partial charge in [-0.25, -0.2) is 8.42 Å². The average molecular weight is 486 g/mol. The molecule has 0 aliphatic heterocycles. The van der Waals surface area contributed by atoms with Gasteiger partial charge in [-0.3, -0.25) is 4.72 Å². The molecule has 7 nitrogen and oxygen atoms in total. The standard InChI is InChI=1S/C24H27N3O4S2/c1-16(2)20-7-5-6-8-21(20)25-24(32)26-22-14-13-19(31-4)15-23(22)33(28,29)27-17-9-11-18(30-3)12-10-17/h5-16,27H,1-4H3,(H2,25,26,32). The summed E-state index contributed by atoms with van der Waals surface area (Å²) in [6.45, 7) is 4.19. The molecule has 0 saturated heterocycles. The summed E-state index contributed by atoms with van der Waals surface area (Å²) in [6.07, 6.45) is 0. The van der Waals surface area contributed by atoms with Crippen molar-refractivity contribution in [1.82, 2.24) is 0 Å². The number of methoxy groups -OCH3 is 2. The summed E-state index contributed by atoms with van der Waals surface area (Å²) >= 11 is 5.48. The highest BCUT2D eigenvalue weighted by atomic mass is 32.2. The molecule has 0 aromatic heterocycles. The van der Waals surface area contributed by atoms with E-state index in [1.54, 1.807) is 43.5 Å². The van der Waals surface area contributed by atoms with Crippen molar-refractivity contribution in [3.05, 3.63) is 72.3 Å². The molecule has 0 fully saturated rings. The molecule has 3 rings (SSSR count). The van der Waals surface area contributed by atoms with E-state index in [2.05, 4.69) is 29.2 Å². The maximum absolute atomic E-state index is 13.2. The highest BCUT2D eigenvalue weighted by Gasteiger charge is 2.21. The summed E-state index contributed by atoms with van der Waals surface area (Å²) in [5, 5.41) is 6.45. The highest BCUT2D eigenvalue weighted by Crippen LogP contribution is 2.29. The van der Waals surface area contributed by atoms with Crippen LogP contribution in [0.15, 0.2) is 71.6 Å². The molecule has 0 spiro atoms. The van der Waals surface area contributed by atoms with E-state index >= 15 is 0 Å². The van der Waals surface area contributed by atoms with Gasteiger partial charge < -0.3 is 20.1 Å². The van der Waals surface area contributed by atoms with Crippen LogP contribution in [-0.4, -0.2) is 27.7 Å². The van der Waals surface area contributed by atoms with Crippen molar-refractivity contribution in [3.8, 4) is 11.5 Å². The number of hydrogen-bond acceptors (Lipinski definition) is 5. The zero-order valence-corrected chi connectivity index (χ0v) is 20.5. The monoisotopic (exact) mass is 485 g/mol. The van der Waals surface area contributed by atoms with E-state index in [0.717, 1.165) is 11.3 Å². The first kappa shape index (κ1) is 24.3. The summed E-state index contributed by atoms with van der Waals surface area (Å²) in [5.41, 5.74) is 2.68. The van der Waals surface area contributed by atoms with Gasteiger partial charge in [0.25, 0.3) is 10.0 Å². The second-order valence-corrected chi connectivity index (χ2v) is 9.58. The highest BCUT2D eigenvalue weighted by molar-refractivity contribution is 7.93. The second kappa shape index (κ2) is 10.5. The molecule has 174 valence electrons. The van der Waals surface area contributed by atoms with Crippen LogP contribution >= 0.6 is 12.2 Å². The van der Waals surface area contributed by atoms with Crippen molar-refractivity contribution >= 4 is 44.4 Å². The van der Waals surface area contributed by atoms with Gasteiger partial charge in [0.05, 0.1) is 19.9 Å². The van der Waals surface area contributed by atoms with E-state index in [1.807, 2.05) is 24.3 Å². The lowest BCUT2D eigenvalue weighted by molar-refractivity contribution is 0.413. The normalized spacial score (nSPS) is 11.1. The van der Waals surface area contributed by atoms with E-state index in [-0.39, 0.29) is 10.0 Å². The number of thiocarbonyl (C=S) groups is 1. The minimum absolute atomic E-state index is 0.000960. The number of sulfonamides is 1. The average Bonchev–Trinajstić information content (AvgIpc) is 2.79. The predicted molar refractivity (Wildman–Crippen MR) is 137 cm³/mol. The van der Waals surface area contributed by atoms with E-state index in [9.17, 15) is 8.42 Å². The Labute approximate surface area is 200 Å². The van der Waals surface area contributed by atoms with Crippen molar-refractivity contribution in [2.24, 2.45) is 0 Å². The topological polar surface area (TPSA) is 88.7 Å². The largest absolute Gasteiger partial charge is 0.497 e. The number of rotatable bonds is 8. The van der Waals surface area contributed by atoms with Crippen molar-refractivity contribution in [1.29, 1.82) is 0 Å². The quantitative estimate of drug-likeness (QED) is 0.366. The molecule has 0 aliphatic rings. The number of benzene rings is 3. The third kappa shape index (κ3) is 6.15. The Balaban J connectivity index is 1.88. The minimum atomic E-state index is -3.96. The Bertz CT molecular complexity index is 1230. The first-order valence-electron chi connectivity index (χ1n) is 10.3. The van der Waals surface area contributed by atoms with Crippen molar-refractivity contribution in [2.45, 2.75) is 24.7 Å². The van der Waals surface area contributed by atoms with Gasteiger partial charge >= 0.3 is 0 Å². The zero-order valence-electron chi connectivity index (χ0n) is 18.9. The number of para-hydroxylation sites is 1. The lowest BCUT2D eigenvalue weighted by atomic mass is 10.0. The maximum Gasteiger partial charge on any atom is 0.264 e. The molecule has 0 saturated carbocycles. The van der Waals surface area contributed by atoms with Gasteiger partial charge in [0, 0.05) is 17.4 Å². The SMILES string of the molecule is COc1ccc(NS(=O)(=O)c2cc(OC)ccc2NC(=S)Nc2ccccc2C(C)C)cc1. The van der Waals surface area contributed by atoms with E-state index in [0.29, 0.717) is 28.8 Å². The maximum atomic E-state index is 13.2. The summed E-state index contributed by atoms with van der Waals surface area (Å²) in [7, 11) is -0.934. The zero-order chi connectivity index (χ0) is 24.0. The van der Waals surface area contributed by atoms with Gasteiger partial charge in [-0.1, -0.05) is 32.0 Å². The van der Waals surface area contributed by atoms with Crippen LogP contribution in [0.25, 0.3) is 0 Å². The molecule has 33 heavy (non-hydrogen) atoms. The predicted octanol–water partition coefficient (Wildman–Crippen LogP) is 5.44. The minimum Gasteiger partial charge on any atom is -0.497 e. The second-order valence-electron chi connectivity index (χ2n) is 7.52. The van der Waals surface area contributed by atoms with Crippen LogP contribution in [0.2, 0.25) is 0 Å². The summed E-state index contributed by atoms with van der Waals surface area (Å²) < 4.78 is 39.4. The smallest absolute Gasteiger partial charge is 0.264 e. The van der Waals surface area contributed by atoms with Gasteiger partial charge in [-0.2, -0.15) is 0 Å². The Morgan fingerprint density at radius 1 is 0.848 bits per heavy atom. The molecule has 0 unspecified atom stereocenters. The Hall–Kier alpha value is -3.30. The lowest BCUT2D eigenvalue weighted by Crippen LogP contribution is -2.23. The summed E-state index contributed by atoms with van der Waals surface area (Å²) in [4.78, 5) is -0.000960. The van der Waals surface area contributed by atoms with Gasteiger partial charge in [-0.15, -0.1) is 0 Å². The molecule has 0 radical (unpaired) electrons. The first-order chi connectivity index (χ1) is 15.7.